The standard InChI is InChI=1S/C16H22N2O5S/c1-24(20,21)10-15(19)18-7-4-14-16(11-18,5-8-22-14)12-23-13-3-2-6-17-9-13/h2-3,6,9,14H,4-5,7-8,10-12H2,1H3/t14-,16+/m0/s1. The predicted molar refractivity (Wildman–Crippen MR) is 87.4 cm³/mol. The highest BCUT2D eigenvalue weighted by molar-refractivity contribution is 7.91. The van der Waals surface area contributed by atoms with Crippen LogP contribution < -0.4 is 4.74 Å². The van der Waals surface area contributed by atoms with Gasteiger partial charge in [-0.3, -0.25) is 9.78 Å². The molecule has 2 atom stereocenters. The van der Waals surface area contributed by atoms with Crippen molar-refractivity contribution in [3.05, 3.63) is 24.5 Å². The maximum Gasteiger partial charge on any atom is 0.237 e. The average Bonchev–Trinajstić information content (AvgIpc) is 2.95. The van der Waals surface area contributed by atoms with Crippen LogP contribution in [-0.4, -0.2) is 68.6 Å². The predicted octanol–water partition coefficient (Wildman–Crippen LogP) is 0.513. The van der Waals surface area contributed by atoms with Crippen LogP contribution in [0.4, 0.5) is 0 Å². The minimum atomic E-state index is -3.33. The molecule has 2 fully saturated rings. The van der Waals surface area contributed by atoms with Crippen LogP contribution in [0.2, 0.25) is 0 Å². The number of aromatic nitrogens is 1. The molecule has 7 nitrogen and oxygen atoms in total. The summed E-state index contributed by atoms with van der Waals surface area (Å²) < 4.78 is 34.5. The third kappa shape index (κ3) is 3.87. The maximum atomic E-state index is 12.3. The highest BCUT2D eigenvalue weighted by atomic mass is 32.2. The minimum Gasteiger partial charge on any atom is -0.491 e. The number of hydrogen-bond donors (Lipinski definition) is 0. The molecule has 0 aliphatic carbocycles. The lowest BCUT2D eigenvalue weighted by molar-refractivity contribution is -0.135. The van der Waals surface area contributed by atoms with Crippen molar-refractivity contribution in [1.82, 2.24) is 9.88 Å². The summed E-state index contributed by atoms with van der Waals surface area (Å²) >= 11 is 0. The summed E-state index contributed by atoms with van der Waals surface area (Å²) in [4.78, 5) is 17.9. The van der Waals surface area contributed by atoms with Crippen molar-refractivity contribution in [2.24, 2.45) is 5.41 Å². The van der Waals surface area contributed by atoms with Crippen LogP contribution in [0.15, 0.2) is 24.5 Å². The molecule has 0 unspecified atom stereocenters. The lowest BCUT2D eigenvalue weighted by atomic mass is 9.77. The Balaban J connectivity index is 1.70. The van der Waals surface area contributed by atoms with E-state index in [4.69, 9.17) is 9.47 Å². The summed E-state index contributed by atoms with van der Waals surface area (Å²) in [5.41, 5.74) is -0.290. The number of carbonyl (C=O) groups is 1. The third-order valence-electron chi connectivity index (χ3n) is 4.67. The van der Waals surface area contributed by atoms with E-state index < -0.39 is 15.6 Å². The summed E-state index contributed by atoms with van der Waals surface area (Å²) in [5.74, 6) is -0.112. The van der Waals surface area contributed by atoms with Gasteiger partial charge in [-0.15, -0.1) is 0 Å². The number of likely N-dealkylation sites (tertiary alicyclic amines) is 1. The van der Waals surface area contributed by atoms with Gasteiger partial charge in [-0.25, -0.2) is 8.42 Å². The molecule has 0 N–H and O–H groups in total. The molecular formula is C16H22N2O5S. The second kappa shape index (κ2) is 6.68. The van der Waals surface area contributed by atoms with E-state index in [1.54, 1.807) is 23.4 Å². The molecule has 2 saturated heterocycles. The quantitative estimate of drug-likeness (QED) is 0.766. The molecule has 1 aromatic rings. The summed E-state index contributed by atoms with van der Waals surface area (Å²) in [6.07, 6.45) is 5.94. The molecule has 0 bridgehead atoms. The van der Waals surface area contributed by atoms with Gasteiger partial charge in [0.25, 0.3) is 0 Å². The second-order valence-electron chi connectivity index (χ2n) is 6.62. The lowest BCUT2D eigenvalue weighted by Gasteiger charge is -2.43. The Morgan fingerprint density at radius 2 is 2.38 bits per heavy atom. The Hall–Kier alpha value is -1.67. The Labute approximate surface area is 141 Å². The summed E-state index contributed by atoms with van der Waals surface area (Å²) in [6.45, 7) is 2.04. The van der Waals surface area contributed by atoms with Crippen molar-refractivity contribution in [1.29, 1.82) is 0 Å². The molecule has 0 aromatic carbocycles. The second-order valence-corrected chi connectivity index (χ2v) is 8.76. The van der Waals surface area contributed by atoms with Gasteiger partial charge in [-0.1, -0.05) is 0 Å². The first-order valence-corrected chi connectivity index (χ1v) is 10.0. The zero-order chi connectivity index (χ0) is 17.2. The van der Waals surface area contributed by atoms with Gasteiger partial charge in [-0.2, -0.15) is 0 Å². The summed E-state index contributed by atoms with van der Waals surface area (Å²) in [5, 5.41) is 0. The van der Waals surface area contributed by atoms with E-state index in [2.05, 4.69) is 4.98 Å². The first-order chi connectivity index (χ1) is 11.4. The maximum absolute atomic E-state index is 12.3. The Kier molecular flexibility index (Phi) is 4.78. The van der Waals surface area contributed by atoms with Gasteiger partial charge in [-0.05, 0) is 25.0 Å². The van der Waals surface area contributed by atoms with Crippen LogP contribution >= 0.6 is 0 Å². The topological polar surface area (TPSA) is 85.8 Å². The fraction of sp³-hybridized carbons (Fsp3) is 0.625. The van der Waals surface area contributed by atoms with Crippen LogP contribution in [0.1, 0.15) is 12.8 Å². The number of hydrogen-bond acceptors (Lipinski definition) is 6. The first-order valence-electron chi connectivity index (χ1n) is 7.98. The van der Waals surface area contributed by atoms with Gasteiger partial charge in [0.05, 0.1) is 24.3 Å². The van der Waals surface area contributed by atoms with Crippen LogP contribution in [0.25, 0.3) is 0 Å². The molecule has 3 rings (SSSR count). The normalized spacial score (nSPS) is 26.9. The van der Waals surface area contributed by atoms with E-state index in [1.807, 2.05) is 6.07 Å². The number of pyridine rings is 1. The summed E-state index contributed by atoms with van der Waals surface area (Å²) in [7, 11) is -3.33. The van der Waals surface area contributed by atoms with E-state index in [-0.39, 0.29) is 17.4 Å². The molecule has 1 aromatic heterocycles. The van der Waals surface area contributed by atoms with E-state index >= 15 is 0 Å². The van der Waals surface area contributed by atoms with E-state index in [0.717, 1.165) is 12.7 Å². The lowest BCUT2D eigenvalue weighted by Crippen LogP contribution is -2.55. The van der Waals surface area contributed by atoms with E-state index in [1.165, 1.54) is 0 Å². The minimum absolute atomic E-state index is 0.0384. The molecule has 1 amide bonds. The van der Waals surface area contributed by atoms with Crippen molar-refractivity contribution < 1.29 is 22.7 Å². The smallest absolute Gasteiger partial charge is 0.237 e. The van der Waals surface area contributed by atoms with Crippen molar-refractivity contribution in [2.75, 3.05) is 38.3 Å². The highest BCUT2D eigenvalue weighted by Crippen LogP contribution is 2.41. The molecule has 24 heavy (non-hydrogen) atoms. The number of sulfone groups is 1. The van der Waals surface area contributed by atoms with Crippen molar-refractivity contribution in [2.45, 2.75) is 18.9 Å². The Morgan fingerprint density at radius 3 is 3.08 bits per heavy atom. The largest absolute Gasteiger partial charge is 0.491 e. The van der Waals surface area contributed by atoms with Gasteiger partial charge in [0, 0.05) is 32.1 Å². The molecule has 3 heterocycles. The fourth-order valence-electron chi connectivity index (χ4n) is 3.44. The number of amides is 1. The zero-order valence-corrected chi connectivity index (χ0v) is 14.5. The number of carbonyl (C=O) groups excluding carboxylic acids is 1. The van der Waals surface area contributed by atoms with Crippen LogP contribution in [0.5, 0.6) is 5.75 Å². The van der Waals surface area contributed by atoms with Crippen molar-refractivity contribution >= 4 is 15.7 Å². The molecule has 8 heteroatoms. The number of fused-ring (bicyclic) bond motifs is 1. The molecular weight excluding hydrogens is 332 g/mol. The molecule has 2 aliphatic heterocycles. The number of piperidine rings is 1. The third-order valence-corrected chi connectivity index (χ3v) is 5.44. The average molecular weight is 354 g/mol. The van der Waals surface area contributed by atoms with Crippen molar-refractivity contribution in [3.63, 3.8) is 0 Å². The fourth-order valence-corrected chi connectivity index (χ4v) is 4.07. The first kappa shape index (κ1) is 17.2. The van der Waals surface area contributed by atoms with Gasteiger partial charge < -0.3 is 14.4 Å². The number of nitrogens with zero attached hydrogens (tertiary/aromatic N) is 2. The monoisotopic (exact) mass is 354 g/mol. The zero-order valence-electron chi connectivity index (χ0n) is 13.7. The van der Waals surface area contributed by atoms with Gasteiger partial charge in [0.2, 0.25) is 5.91 Å². The molecule has 0 radical (unpaired) electrons. The van der Waals surface area contributed by atoms with E-state index in [9.17, 15) is 13.2 Å². The van der Waals surface area contributed by atoms with E-state index in [0.29, 0.717) is 38.5 Å². The van der Waals surface area contributed by atoms with Gasteiger partial charge >= 0.3 is 0 Å². The van der Waals surface area contributed by atoms with Crippen LogP contribution in [0, 0.1) is 5.41 Å². The summed E-state index contributed by atoms with van der Waals surface area (Å²) in [6, 6.07) is 3.64. The highest BCUT2D eigenvalue weighted by Gasteiger charge is 2.49. The number of ether oxygens (including phenoxy) is 2. The Bertz CT molecular complexity index is 694. The van der Waals surface area contributed by atoms with Crippen LogP contribution in [0.3, 0.4) is 0 Å². The van der Waals surface area contributed by atoms with Gasteiger partial charge in [0.15, 0.2) is 9.84 Å². The molecule has 132 valence electrons. The van der Waals surface area contributed by atoms with Gasteiger partial charge in [0.1, 0.15) is 11.5 Å². The Morgan fingerprint density at radius 1 is 1.54 bits per heavy atom. The van der Waals surface area contributed by atoms with Crippen molar-refractivity contribution in [3.8, 4) is 5.75 Å². The molecule has 2 aliphatic rings. The van der Waals surface area contributed by atoms with Crippen LogP contribution in [-0.2, 0) is 19.4 Å². The molecule has 0 spiro atoms. The SMILES string of the molecule is CS(=O)(=O)CC(=O)N1CC[C@@H]2OCC[C@]2(COc2cccnc2)C1. The molecule has 0 saturated carbocycles. The number of rotatable bonds is 5.